The van der Waals surface area contributed by atoms with Crippen LogP contribution in [0.1, 0.15) is 25.6 Å². The molecule has 0 aromatic carbocycles. The highest BCUT2D eigenvalue weighted by Crippen LogP contribution is 2.26. The molecule has 0 aliphatic heterocycles. The summed E-state index contributed by atoms with van der Waals surface area (Å²) in [5.41, 5.74) is 0. The lowest BCUT2D eigenvalue weighted by Gasteiger charge is -2.34. The molecule has 1 aliphatic rings. The highest BCUT2D eigenvalue weighted by atomic mass is 35.5. The fraction of sp³-hybridized carbons (Fsp3) is 0.700. The Bertz CT molecular complexity index is 321. The Balaban J connectivity index is 1.88. The minimum atomic E-state index is 0.672. The molecule has 1 N–H and O–H groups in total. The Morgan fingerprint density at radius 3 is 2.86 bits per heavy atom. The van der Waals surface area contributed by atoms with E-state index >= 15 is 0 Å². The lowest BCUT2D eigenvalue weighted by Crippen LogP contribution is -2.42. The van der Waals surface area contributed by atoms with E-state index in [2.05, 4.69) is 17.2 Å². The number of nitrogens with one attached hydrogen (secondary N) is 1. The van der Waals surface area contributed by atoms with Gasteiger partial charge in [-0.3, -0.25) is 0 Å². The van der Waals surface area contributed by atoms with Crippen molar-refractivity contribution in [2.45, 2.75) is 32.4 Å². The Labute approximate surface area is 89.5 Å². The number of rotatable bonds is 3. The highest BCUT2D eigenvalue weighted by molar-refractivity contribution is 6.29. The van der Waals surface area contributed by atoms with E-state index < -0.39 is 0 Å². The van der Waals surface area contributed by atoms with Crippen LogP contribution in [-0.2, 0) is 13.6 Å². The molecule has 78 valence electrons. The van der Waals surface area contributed by atoms with Crippen molar-refractivity contribution in [3.8, 4) is 0 Å². The van der Waals surface area contributed by atoms with Crippen LogP contribution in [0, 0.1) is 5.92 Å². The maximum atomic E-state index is 5.89. The molecule has 1 fully saturated rings. The van der Waals surface area contributed by atoms with Gasteiger partial charge in [0.25, 0.3) is 0 Å². The molecule has 2 rings (SSSR count). The van der Waals surface area contributed by atoms with Crippen LogP contribution in [0.25, 0.3) is 0 Å². The van der Waals surface area contributed by atoms with Crippen molar-refractivity contribution < 1.29 is 0 Å². The number of nitrogens with zero attached hydrogens (tertiary/aromatic N) is 2. The number of hydrogen-bond donors (Lipinski definition) is 1. The van der Waals surface area contributed by atoms with Gasteiger partial charge in [-0.05, 0) is 18.8 Å². The van der Waals surface area contributed by atoms with E-state index in [-0.39, 0.29) is 0 Å². The van der Waals surface area contributed by atoms with Crippen LogP contribution >= 0.6 is 11.6 Å². The molecular weight excluding hydrogens is 198 g/mol. The summed E-state index contributed by atoms with van der Waals surface area (Å²) in [6, 6.07) is 0.672. The summed E-state index contributed by atoms with van der Waals surface area (Å²) in [5, 5.41) is 4.19. The van der Waals surface area contributed by atoms with E-state index in [0.717, 1.165) is 18.3 Å². The van der Waals surface area contributed by atoms with E-state index in [9.17, 15) is 0 Å². The zero-order valence-electron chi connectivity index (χ0n) is 8.63. The summed E-state index contributed by atoms with van der Waals surface area (Å²) in [7, 11) is 1.94. The van der Waals surface area contributed by atoms with Crippen LogP contribution in [0.15, 0.2) is 6.20 Å². The van der Waals surface area contributed by atoms with Crippen molar-refractivity contribution in [1.82, 2.24) is 14.9 Å². The maximum Gasteiger partial charge on any atom is 0.128 e. The molecule has 0 saturated heterocycles. The first kappa shape index (κ1) is 9.99. The van der Waals surface area contributed by atoms with Crippen molar-refractivity contribution in [2.24, 2.45) is 13.0 Å². The average molecular weight is 214 g/mol. The predicted molar refractivity (Wildman–Crippen MR) is 57.2 cm³/mol. The molecule has 2 atom stereocenters. The molecule has 0 amide bonds. The van der Waals surface area contributed by atoms with Crippen molar-refractivity contribution in [3.05, 3.63) is 17.2 Å². The predicted octanol–water partition coefficient (Wildman–Crippen LogP) is 1.96. The number of hydrogen-bond acceptors (Lipinski definition) is 2. The third-order valence-electron chi connectivity index (χ3n) is 3.17. The normalized spacial score (nSPS) is 26.2. The first-order chi connectivity index (χ1) is 6.68. The highest BCUT2D eigenvalue weighted by Gasteiger charge is 2.26. The van der Waals surface area contributed by atoms with Gasteiger partial charge in [0.05, 0.1) is 12.7 Å². The first-order valence-electron chi connectivity index (χ1n) is 5.08. The summed E-state index contributed by atoms with van der Waals surface area (Å²) >= 11 is 5.89. The van der Waals surface area contributed by atoms with Crippen LogP contribution in [0.5, 0.6) is 0 Å². The Morgan fingerprint density at radius 2 is 2.43 bits per heavy atom. The lowest BCUT2D eigenvalue weighted by atomic mass is 9.81. The van der Waals surface area contributed by atoms with Crippen LogP contribution < -0.4 is 5.32 Å². The van der Waals surface area contributed by atoms with Crippen LogP contribution in [-0.4, -0.2) is 15.6 Å². The summed E-state index contributed by atoms with van der Waals surface area (Å²) in [6.07, 6.45) is 4.33. The quantitative estimate of drug-likeness (QED) is 0.832. The van der Waals surface area contributed by atoms with Crippen LogP contribution in [0.3, 0.4) is 0 Å². The van der Waals surface area contributed by atoms with E-state index in [1.54, 1.807) is 6.20 Å². The van der Waals surface area contributed by atoms with Gasteiger partial charge in [-0.2, -0.15) is 0 Å². The van der Waals surface area contributed by atoms with Crippen LogP contribution in [0.4, 0.5) is 0 Å². The molecular formula is C10H16ClN3. The molecule has 2 unspecified atom stereocenters. The molecule has 3 nitrogen and oxygen atoms in total. The van der Waals surface area contributed by atoms with Gasteiger partial charge in [0.1, 0.15) is 11.0 Å². The molecule has 14 heavy (non-hydrogen) atoms. The molecule has 0 bridgehead atoms. The van der Waals surface area contributed by atoms with Gasteiger partial charge < -0.3 is 9.88 Å². The molecule has 0 radical (unpaired) electrons. The number of imidazole rings is 1. The third kappa shape index (κ3) is 1.79. The van der Waals surface area contributed by atoms with Gasteiger partial charge in [-0.1, -0.05) is 18.5 Å². The molecule has 4 heteroatoms. The molecule has 1 aliphatic carbocycles. The van der Waals surface area contributed by atoms with Gasteiger partial charge in [0.2, 0.25) is 0 Å². The van der Waals surface area contributed by atoms with Gasteiger partial charge in [0.15, 0.2) is 0 Å². The fourth-order valence-corrected chi connectivity index (χ4v) is 1.93. The molecule has 1 heterocycles. The summed E-state index contributed by atoms with van der Waals surface area (Å²) < 4.78 is 1.91. The van der Waals surface area contributed by atoms with E-state index in [1.165, 1.54) is 12.8 Å². The van der Waals surface area contributed by atoms with E-state index in [0.29, 0.717) is 11.2 Å². The van der Waals surface area contributed by atoms with E-state index in [4.69, 9.17) is 11.6 Å². The number of aromatic nitrogens is 2. The summed E-state index contributed by atoms with van der Waals surface area (Å²) in [4.78, 5) is 4.24. The Kier molecular flexibility index (Phi) is 2.79. The maximum absolute atomic E-state index is 5.89. The average Bonchev–Trinajstić information content (AvgIpc) is 2.47. The monoisotopic (exact) mass is 213 g/mol. The molecule has 1 aromatic rings. The molecule has 0 spiro atoms. The second kappa shape index (κ2) is 3.91. The molecule has 1 saturated carbocycles. The minimum Gasteiger partial charge on any atom is -0.321 e. The van der Waals surface area contributed by atoms with Crippen molar-refractivity contribution >= 4 is 11.6 Å². The smallest absolute Gasteiger partial charge is 0.128 e. The second-order valence-corrected chi connectivity index (χ2v) is 4.49. The van der Waals surface area contributed by atoms with Gasteiger partial charge in [-0.15, -0.1) is 0 Å². The van der Waals surface area contributed by atoms with Crippen LogP contribution in [0.2, 0.25) is 5.15 Å². The second-order valence-electron chi connectivity index (χ2n) is 4.10. The summed E-state index contributed by atoms with van der Waals surface area (Å²) in [6.45, 7) is 3.10. The standard InChI is InChI=1S/C10H16ClN3/c1-7-3-4-8(7)12-6-10-13-5-9(11)14(10)2/h5,7-8,12H,3-4,6H2,1-2H3. The summed E-state index contributed by atoms with van der Waals surface area (Å²) in [5.74, 6) is 1.82. The van der Waals surface area contributed by atoms with Gasteiger partial charge in [-0.25, -0.2) is 4.98 Å². The SMILES string of the molecule is CC1CCC1NCc1ncc(Cl)n1C. The topological polar surface area (TPSA) is 29.9 Å². The fourth-order valence-electron chi connectivity index (χ4n) is 1.78. The zero-order valence-corrected chi connectivity index (χ0v) is 9.38. The minimum absolute atomic E-state index is 0.672. The van der Waals surface area contributed by atoms with Crippen molar-refractivity contribution in [3.63, 3.8) is 0 Å². The van der Waals surface area contributed by atoms with Crippen molar-refractivity contribution in [2.75, 3.05) is 0 Å². The van der Waals surface area contributed by atoms with Gasteiger partial charge >= 0.3 is 0 Å². The lowest BCUT2D eigenvalue weighted by molar-refractivity contribution is 0.226. The van der Waals surface area contributed by atoms with Gasteiger partial charge in [0, 0.05) is 13.1 Å². The zero-order chi connectivity index (χ0) is 10.1. The largest absolute Gasteiger partial charge is 0.321 e. The molecule has 1 aromatic heterocycles. The van der Waals surface area contributed by atoms with Crippen molar-refractivity contribution in [1.29, 1.82) is 0 Å². The third-order valence-corrected chi connectivity index (χ3v) is 3.52. The Hall–Kier alpha value is -0.540. The Morgan fingerprint density at radius 1 is 1.64 bits per heavy atom. The number of halogens is 1. The first-order valence-corrected chi connectivity index (χ1v) is 5.45. The van der Waals surface area contributed by atoms with E-state index in [1.807, 2.05) is 11.6 Å².